The van der Waals surface area contributed by atoms with Crippen molar-refractivity contribution >= 4 is 23.3 Å². The van der Waals surface area contributed by atoms with E-state index < -0.39 is 18.0 Å². The SMILES string of the molecule is CC(C)N(Cc1cccs1)C(=O)N[C@@H](CCO)C(=O)O. The Morgan fingerprint density at radius 2 is 2.15 bits per heavy atom. The lowest BCUT2D eigenvalue weighted by atomic mass is 10.2. The van der Waals surface area contributed by atoms with Crippen molar-refractivity contribution in [3.63, 3.8) is 0 Å². The van der Waals surface area contributed by atoms with Crippen molar-refractivity contribution in [1.29, 1.82) is 0 Å². The van der Waals surface area contributed by atoms with Crippen LogP contribution in [0.15, 0.2) is 17.5 Å². The minimum atomic E-state index is -1.15. The summed E-state index contributed by atoms with van der Waals surface area (Å²) in [6.07, 6.45) is -0.00793. The number of thiophene rings is 1. The van der Waals surface area contributed by atoms with Crippen LogP contribution in [0.2, 0.25) is 0 Å². The molecule has 1 atom stereocenters. The van der Waals surface area contributed by atoms with Crippen molar-refractivity contribution in [3.8, 4) is 0 Å². The number of carboxylic acids is 1. The van der Waals surface area contributed by atoms with Gasteiger partial charge in [0, 0.05) is 23.9 Å². The van der Waals surface area contributed by atoms with Gasteiger partial charge in [-0.1, -0.05) is 6.07 Å². The number of rotatable bonds is 7. The molecule has 6 nitrogen and oxygen atoms in total. The quantitative estimate of drug-likeness (QED) is 0.712. The second-order valence-corrected chi connectivity index (χ2v) is 5.69. The Bertz CT molecular complexity index is 434. The summed E-state index contributed by atoms with van der Waals surface area (Å²) >= 11 is 1.54. The second-order valence-electron chi connectivity index (χ2n) is 4.65. The molecule has 1 aromatic rings. The third-order valence-electron chi connectivity index (χ3n) is 2.80. The Hall–Kier alpha value is -1.60. The van der Waals surface area contributed by atoms with Crippen LogP contribution in [-0.4, -0.2) is 45.8 Å². The number of aliphatic hydroxyl groups excluding tert-OH is 1. The third-order valence-corrected chi connectivity index (χ3v) is 3.67. The van der Waals surface area contributed by atoms with E-state index in [0.29, 0.717) is 6.54 Å². The molecule has 2 amide bonds. The first-order chi connectivity index (χ1) is 9.45. The van der Waals surface area contributed by atoms with Gasteiger partial charge in [-0.15, -0.1) is 11.3 Å². The van der Waals surface area contributed by atoms with Crippen LogP contribution < -0.4 is 5.32 Å². The summed E-state index contributed by atoms with van der Waals surface area (Å²) in [7, 11) is 0. The van der Waals surface area contributed by atoms with Gasteiger partial charge in [-0.3, -0.25) is 0 Å². The number of nitrogens with one attached hydrogen (secondary N) is 1. The minimum Gasteiger partial charge on any atom is -0.480 e. The summed E-state index contributed by atoms with van der Waals surface area (Å²) in [5.41, 5.74) is 0. The maximum atomic E-state index is 12.2. The highest BCUT2D eigenvalue weighted by molar-refractivity contribution is 7.09. The molecular weight excluding hydrogens is 280 g/mol. The lowest BCUT2D eigenvalue weighted by Crippen LogP contribution is -2.50. The largest absolute Gasteiger partial charge is 0.480 e. The Labute approximate surface area is 122 Å². The van der Waals surface area contributed by atoms with Crippen LogP contribution in [-0.2, 0) is 11.3 Å². The number of carboxylic acid groups (broad SMARTS) is 1. The maximum absolute atomic E-state index is 12.2. The van der Waals surface area contributed by atoms with Gasteiger partial charge in [0.25, 0.3) is 0 Å². The summed E-state index contributed by atoms with van der Waals surface area (Å²) in [4.78, 5) is 25.8. The van der Waals surface area contributed by atoms with Gasteiger partial charge in [-0.2, -0.15) is 0 Å². The number of carbonyl (C=O) groups is 2. The van der Waals surface area contributed by atoms with Crippen LogP contribution in [0, 0.1) is 0 Å². The van der Waals surface area contributed by atoms with E-state index in [2.05, 4.69) is 5.32 Å². The third kappa shape index (κ3) is 4.82. The number of carbonyl (C=O) groups excluding carboxylic acids is 1. The van der Waals surface area contributed by atoms with E-state index in [9.17, 15) is 9.59 Å². The van der Waals surface area contributed by atoms with Crippen LogP contribution in [0.5, 0.6) is 0 Å². The molecule has 0 unspecified atom stereocenters. The average Bonchev–Trinajstić information content (AvgIpc) is 2.87. The van der Waals surface area contributed by atoms with E-state index in [1.807, 2.05) is 31.4 Å². The molecule has 0 bridgehead atoms. The predicted molar refractivity (Wildman–Crippen MR) is 76.7 cm³/mol. The van der Waals surface area contributed by atoms with E-state index in [1.165, 1.54) is 0 Å². The van der Waals surface area contributed by atoms with E-state index >= 15 is 0 Å². The summed E-state index contributed by atoms with van der Waals surface area (Å²) < 4.78 is 0. The van der Waals surface area contributed by atoms with Crippen molar-refractivity contribution < 1.29 is 19.8 Å². The number of aliphatic carboxylic acids is 1. The number of hydrogen-bond donors (Lipinski definition) is 3. The molecule has 0 saturated carbocycles. The minimum absolute atomic E-state index is 0.00793. The van der Waals surface area contributed by atoms with Gasteiger partial charge < -0.3 is 20.4 Å². The molecule has 0 aliphatic rings. The number of nitrogens with zero attached hydrogens (tertiary/aromatic N) is 1. The van der Waals surface area contributed by atoms with Gasteiger partial charge in [-0.25, -0.2) is 9.59 Å². The van der Waals surface area contributed by atoms with Crippen LogP contribution in [0.3, 0.4) is 0 Å². The smallest absolute Gasteiger partial charge is 0.326 e. The fourth-order valence-corrected chi connectivity index (χ4v) is 2.38. The summed E-state index contributed by atoms with van der Waals surface area (Å²) in [5, 5.41) is 22.2. The highest BCUT2D eigenvalue weighted by Crippen LogP contribution is 2.14. The van der Waals surface area contributed by atoms with Crippen molar-refractivity contribution in [2.24, 2.45) is 0 Å². The first kappa shape index (κ1) is 16.5. The molecular formula is C13H20N2O4S. The van der Waals surface area contributed by atoms with E-state index in [-0.39, 0.29) is 19.1 Å². The molecule has 112 valence electrons. The first-order valence-corrected chi connectivity index (χ1v) is 7.26. The number of aliphatic hydroxyl groups is 1. The van der Waals surface area contributed by atoms with Gasteiger partial charge in [0.1, 0.15) is 6.04 Å². The Morgan fingerprint density at radius 3 is 2.60 bits per heavy atom. The molecule has 1 rings (SSSR count). The molecule has 0 fully saturated rings. The molecule has 7 heteroatoms. The number of amides is 2. The molecule has 0 spiro atoms. The summed E-state index contributed by atoms with van der Waals surface area (Å²) in [5.74, 6) is -1.15. The number of hydrogen-bond acceptors (Lipinski definition) is 4. The van der Waals surface area contributed by atoms with Gasteiger partial charge in [-0.05, 0) is 25.3 Å². The van der Waals surface area contributed by atoms with Gasteiger partial charge in [0.05, 0.1) is 6.54 Å². The van der Waals surface area contributed by atoms with E-state index in [1.54, 1.807) is 16.2 Å². The highest BCUT2D eigenvalue weighted by atomic mass is 32.1. The molecule has 20 heavy (non-hydrogen) atoms. The number of urea groups is 1. The van der Waals surface area contributed by atoms with E-state index in [0.717, 1.165) is 4.88 Å². The lowest BCUT2D eigenvalue weighted by Gasteiger charge is -2.28. The standard InChI is InChI=1S/C13H20N2O4S/c1-9(2)15(8-10-4-3-7-20-10)13(19)14-11(5-6-16)12(17)18/h3-4,7,9,11,16H,5-6,8H2,1-2H3,(H,14,19)(H,17,18)/t11-/m0/s1. The summed E-state index contributed by atoms with van der Waals surface area (Å²) in [6.45, 7) is 3.89. The topological polar surface area (TPSA) is 89.9 Å². The van der Waals surface area contributed by atoms with E-state index in [4.69, 9.17) is 10.2 Å². The zero-order valence-electron chi connectivity index (χ0n) is 11.6. The Morgan fingerprint density at radius 1 is 1.45 bits per heavy atom. The molecule has 1 heterocycles. The van der Waals surface area contributed by atoms with Gasteiger partial charge in [0.15, 0.2) is 0 Å². The Kier molecular flexibility index (Phi) is 6.47. The van der Waals surface area contributed by atoms with Crippen LogP contribution in [0.25, 0.3) is 0 Å². The first-order valence-electron chi connectivity index (χ1n) is 6.39. The predicted octanol–water partition coefficient (Wildman–Crippen LogP) is 1.50. The molecule has 0 radical (unpaired) electrons. The van der Waals surface area contributed by atoms with Crippen molar-refractivity contribution in [1.82, 2.24) is 10.2 Å². The second kappa shape index (κ2) is 7.86. The molecule has 0 saturated heterocycles. The molecule has 0 aliphatic heterocycles. The van der Waals surface area contributed by atoms with Gasteiger partial charge in [0.2, 0.25) is 0 Å². The molecule has 1 aromatic heterocycles. The van der Waals surface area contributed by atoms with Crippen LogP contribution >= 0.6 is 11.3 Å². The van der Waals surface area contributed by atoms with Gasteiger partial charge >= 0.3 is 12.0 Å². The Balaban J connectivity index is 2.70. The normalized spacial score (nSPS) is 12.2. The van der Waals surface area contributed by atoms with Crippen LogP contribution in [0.1, 0.15) is 25.1 Å². The average molecular weight is 300 g/mol. The van der Waals surface area contributed by atoms with Crippen molar-refractivity contribution in [3.05, 3.63) is 22.4 Å². The fraction of sp³-hybridized carbons (Fsp3) is 0.538. The summed E-state index contributed by atoms with van der Waals surface area (Å²) in [6, 6.07) is 2.27. The molecule has 0 aliphatic carbocycles. The monoisotopic (exact) mass is 300 g/mol. The lowest BCUT2D eigenvalue weighted by molar-refractivity contribution is -0.139. The highest BCUT2D eigenvalue weighted by Gasteiger charge is 2.24. The van der Waals surface area contributed by atoms with Crippen molar-refractivity contribution in [2.75, 3.05) is 6.61 Å². The van der Waals surface area contributed by atoms with Crippen LogP contribution in [0.4, 0.5) is 4.79 Å². The van der Waals surface area contributed by atoms with Crippen molar-refractivity contribution in [2.45, 2.75) is 38.9 Å². The zero-order valence-corrected chi connectivity index (χ0v) is 12.4. The zero-order chi connectivity index (χ0) is 15.1. The molecule has 0 aromatic carbocycles. The maximum Gasteiger partial charge on any atom is 0.326 e. The fourth-order valence-electron chi connectivity index (χ4n) is 1.68. The molecule has 3 N–H and O–H groups in total.